The molecule has 0 saturated heterocycles. The van der Waals surface area contributed by atoms with Gasteiger partial charge >= 0.3 is 12.1 Å². The van der Waals surface area contributed by atoms with E-state index in [9.17, 15) is 18.0 Å². The van der Waals surface area contributed by atoms with E-state index in [0.29, 0.717) is 26.7 Å². The van der Waals surface area contributed by atoms with Gasteiger partial charge in [-0.1, -0.05) is 12.1 Å². The van der Waals surface area contributed by atoms with Crippen molar-refractivity contribution in [1.82, 2.24) is 4.98 Å². The summed E-state index contributed by atoms with van der Waals surface area (Å²) in [5.74, 6) is -0.121. The van der Waals surface area contributed by atoms with Crippen molar-refractivity contribution >= 4 is 32.8 Å². The highest BCUT2D eigenvalue weighted by molar-refractivity contribution is 9.10. The number of fused-ring (bicyclic) bond motifs is 1. The van der Waals surface area contributed by atoms with E-state index in [4.69, 9.17) is 9.47 Å². The first-order chi connectivity index (χ1) is 13.2. The molecule has 8 heteroatoms. The molecule has 0 amide bonds. The van der Waals surface area contributed by atoms with E-state index in [0.717, 1.165) is 12.1 Å². The molecule has 0 fully saturated rings. The van der Waals surface area contributed by atoms with Crippen LogP contribution in [0.15, 0.2) is 40.9 Å². The molecular formula is C20H15BrF3NO3. The molecule has 0 N–H and O–H groups in total. The smallest absolute Gasteiger partial charge is 0.416 e. The summed E-state index contributed by atoms with van der Waals surface area (Å²) >= 11 is 3.37. The molecule has 0 atom stereocenters. The monoisotopic (exact) mass is 453 g/mol. The zero-order valence-electron chi connectivity index (χ0n) is 15.1. The highest BCUT2D eigenvalue weighted by Crippen LogP contribution is 2.37. The molecule has 0 unspecified atom stereocenters. The van der Waals surface area contributed by atoms with Gasteiger partial charge in [-0.05, 0) is 46.6 Å². The number of carbonyl (C=O) groups excluding carboxylic acids is 1. The normalized spacial score (nSPS) is 11.5. The van der Waals surface area contributed by atoms with Crippen molar-refractivity contribution in [2.24, 2.45) is 0 Å². The van der Waals surface area contributed by atoms with Gasteiger partial charge < -0.3 is 9.47 Å². The van der Waals surface area contributed by atoms with Crippen LogP contribution in [0.25, 0.3) is 22.2 Å². The minimum absolute atomic E-state index is 0.239. The summed E-state index contributed by atoms with van der Waals surface area (Å²) in [4.78, 5) is 17.0. The van der Waals surface area contributed by atoms with E-state index < -0.39 is 17.7 Å². The molecule has 0 aliphatic carbocycles. The van der Waals surface area contributed by atoms with Crippen molar-refractivity contribution in [3.8, 4) is 17.0 Å². The average Bonchev–Trinajstić information content (AvgIpc) is 2.66. The molecule has 0 aliphatic rings. The number of esters is 1. The molecule has 146 valence electrons. The van der Waals surface area contributed by atoms with E-state index in [2.05, 4.69) is 20.9 Å². The highest BCUT2D eigenvalue weighted by Gasteiger charge is 2.31. The second-order valence-corrected chi connectivity index (χ2v) is 6.89. The van der Waals surface area contributed by atoms with E-state index >= 15 is 0 Å². The number of alkyl halides is 3. The fourth-order valence-electron chi connectivity index (χ4n) is 3.01. The molecule has 3 aromatic rings. The van der Waals surface area contributed by atoms with Crippen molar-refractivity contribution in [3.63, 3.8) is 0 Å². The molecule has 3 rings (SSSR count). The second-order valence-electron chi connectivity index (χ2n) is 6.03. The van der Waals surface area contributed by atoms with E-state index in [1.54, 1.807) is 19.1 Å². The zero-order valence-corrected chi connectivity index (χ0v) is 16.7. The summed E-state index contributed by atoms with van der Waals surface area (Å²) in [6, 6.07) is 8.12. The number of pyridine rings is 1. The average molecular weight is 454 g/mol. The first-order valence-electron chi connectivity index (χ1n) is 8.11. The third-order valence-corrected chi connectivity index (χ3v) is 4.97. The molecule has 1 aromatic heterocycles. The van der Waals surface area contributed by atoms with Crippen molar-refractivity contribution < 1.29 is 27.4 Å². The Kier molecular flexibility index (Phi) is 5.34. The van der Waals surface area contributed by atoms with Crippen molar-refractivity contribution in [3.05, 3.63) is 57.6 Å². The summed E-state index contributed by atoms with van der Waals surface area (Å²) in [6.07, 6.45) is -4.49. The number of methoxy groups -OCH3 is 2. The fraction of sp³-hybridized carbons (Fsp3) is 0.200. The zero-order chi connectivity index (χ0) is 20.6. The largest absolute Gasteiger partial charge is 0.495 e. The van der Waals surface area contributed by atoms with Crippen molar-refractivity contribution in [2.75, 3.05) is 14.2 Å². The number of benzene rings is 2. The molecular weight excluding hydrogens is 439 g/mol. The van der Waals surface area contributed by atoms with Gasteiger partial charge in [0.05, 0.1) is 41.0 Å². The number of halogens is 4. The Morgan fingerprint density at radius 2 is 1.86 bits per heavy atom. The van der Waals surface area contributed by atoms with Gasteiger partial charge in [-0.3, -0.25) is 0 Å². The van der Waals surface area contributed by atoms with Crippen molar-refractivity contribution in [2.45, 2.75) is 13.1 Å². The minimum Gasteiger partial charge on any atom is -0.495 e. The first kappa shape index (κ1) is 20.1. The van der Waals surface area contributed by atoms with Gasteiger partial charge in [0.15, 0.2) is 0 Å². The molecule has 0 bridgehead atoms. The third kappa shape index (κ3) is 3.56. The number of aromatic nitrogens is 1. The lowest BCUT2D eigenvalue weighted by atomic mass is 9.96. The van der Waals surface area contributed by atoms with Crippen LogP contribution >= 0.6 is 15.9 Å². The Hall–Kier alpha value is -2.61. The van der Waals surface area contributed by atoms with Crippen LogP contribution in [0, 0.1) is 6.92 Å². The first-order valence-corrected chi connectivity index (χ1v) is 8.90. The predicted molar refractivity (Wildman–Crippen MR) is 103 cm³/mol. The Bertz CT molecular complexity index is 1080. The maximum absolute atomic E-state index is 13.1. The number of ether oxygens (including phenoxy) is 2. The highest BCUT2D eigenvalue weighted by atomic mass is 79.9. The van der Waals surface area contributed by atoms with Gasteiger partial charge in [-0.25, -0.2) is 9.78 Å². The lowest BCUT2D eigenvalue weighted by Crippen LogP contribution is -2.09. The van der Waals surface area contributed by atoms with Gasteiger partial charge in [0.25, 0.3) is 0 Å². The van der Waals surface area contributed by atoms with Gasteiger partial charge in [-0.15, -0.1) is 0 Å². The topological polar surface area (TPSA) is 48.4 Å². The minimum atomic E-state index is -4.49. The van der Waals surface area contributed by atoms with Gasteiger partial charge in [0.1, 0.15) is 5.75 Å². The van der Waals surface area contributed by atoms with Gasteiger partial charge in [0, 0.05) is 17.0 Å². The maximum Gasteiger partial charge on any atom is 0.416 e. The molecule has 28 heavy (non-hydrogen) atoms. The van der Waals surface area contributed by atoms with E-state index in [1.807, 2.05) is 0 Å². The molecule has 1 heterocycles. The third-order valence-electron chi connectivity index (χ3n) is 4.35. The number of hydrogen-bond donors (Lipinski definition) is 0. The fourth-order valence-corrected chi connectivity index (χ4v) is 3.51. The summed E-state index contributed by atoms with van der Waals surface area (Å²) in [6.45, 7) is 1.63. The molecule has 0 radical (unpaired) electrons. The molecule has 4 nitrogen and oxygen atoms in total. The Labute approximate surface area is 167 Å². The Morgan fingerprint density at radius 1 is 1.14 bits per heavy atom. The molecule has 0 aliphatic heterocycles. The summed E-state index contributed by atoms with van der Waals surface area (Å²) in [5.41, 5.74) is 0.793. The van der Waals surface area contributed by atoms with E-state index in [-0.39, 0.29) is 16.8 Å². The number of nitrogens with zero attached hydrogens (tertiary/aromatic N) is 1. The lowest BCUT2D eigenvalue weighted by molar-refractivity contribution is -0.137. The van der Waals surface area contributed by atoms with Crippen LogP contribution in [0.1, 0.15) is 21.5 Å². The second kappa shape index (κ2) is 7.43. The molecule has 0 spiro atoms. The van der Waals surface area contributed by atoms with Crippen LogP contribution in [0.4, 0.5) is 13.2 Å². The lowest BCUT2D eigenvalue weighted by Gasteiger charge is -2.16. The van der Waals surface area contributed by atoms with Gasteiger partial charge in [0.2, 0.25) is 0 Å². The van der Waals surface area contributed by atoms with E-state index in [1.165, 1.54) is 26.4 Å². The molecule has 2 aromatic carbocycles. The Balaban J connectivity index is 2.37. The maximum atomic E-state index is 13.1. The summed E-state index contributed by atoms with van der Waals surface area (Å²) < 4.78 is 50.2. The standard InChI is InChI=1S/C20H15BrF3NO3/c1-10-17(19(26)28-3)13-8-14(21)16(27-2)9-15(13)25-18(10)11-5-4-6-12(7-11)20(22,23)24/h4-9H,1-3H3. The quantitative estimate of drug-likeness (QED) is 0.471. The van der Waals surface area contributed by atoms with Gasteiger partial charge in [-0.2, -0.15) is 13.2 Å². The molecule has 0 saturated carbocycles. The summed E-state index contributed by atoms with van der Waals surface area (Å²) in [5, 5.41) is 0.507. The summed E-state index contributed by atoms with van der Waals surface area (Å²) in [7, 11) is 2.73. The number of hydrogen-bond acceptors (Lipinski definition) is 4. The number of carbonyl (C=O) groups is 1. The van der Waals surface area contributed by atoms with Crippen LogP contribution in [-0.2, 0) is 10.9 Å². The van der Waals surface area contributed by atoms with Crippen molar-refractivity contribution in [1.29, 1.82) is 0 Å². The van der Waals surface area contributed by atoms with Crippen LogP contribution < -0.4 is 4.74 Å². The number of rotatable bonds is 3. The van der Waals surface area contributed by atoms with Crippen LogP contribution in [0.5, 0.6) is 5.75 Å². The van der Waals surface area contributed by atoms with Crippen LogP contribution in [-0.4, -0.2) is 25.2 Å². The van der Waals surface area contributed by atoms with Crippen LogP contribution in [0.2, 0.25) is 0 Å². The Morgan fingerprint density at radius 3 is 2.46 bits per heavy atom. The van der Waals surface area contributed by atoms with Crippen LogP contribution in [0.3, 0.4) is 0 Å². The predicted octanol–water partition coefficient (Wildman–Crippen LogP) is 5.79. The SMILES string of the molecule is COC(=O)c1c(C)c(-c2cccc(C(F)(F)F)c2)nc2cc(OC)c(Br)cc12.